The van der Waals surface area contributed by atoms with Crippen molar-refractivity contribution < 1.29 is 23.9 Å². The van der Waals surface area contributed by atoms with Crippen molar-refractivity contribution in [1.29, 1.82) is 0 Å². The molecule has 0 radical (unpaired) electrons. The average molecular weight is 457 g/mol. The number of hydrogen-bond acceptors (Lipinski definition) is 5. The van der Waals surface area contributed by atoms with E-state index < -0.39 is 16.9 Å². The van der Waals surface area contributed by atoms with Crippen molar-refractivity contribution >= 4 is 17.3 Å². The Bertz CT molecular complexity index is 874. The highest BCUT2D eigenvalue weighted by Crippen LogP contribution is 2.71. The summed E-state index contributed by atoms with van der Waals surface area (Å²) in [7, 11) is 0. The van der Waals surface area contributed by atoms with E-state index in [4.69, 9.17) is 9.47 Å². The Kier molecular flexibility index (Phi) is 5.76. The molecule has 0 unspecified atom stereocenters. The van der Waals surface area contributed by atoms with Crippen LogP contribution in [0.25, 0.3) is 0 Å². The van der Waals surface area contributed by atoms with Gasteiger partial charge in [0.25, 0.3) is 0 Å². The SMILES string of the molecule is C=C1C(=O)[C@]23C[C@H]1CC[C@H]2[C@]12CO[C@H](CC1=O)C(C)(C)[C@H]2[C@H](OCCCCCCCC)C3=O. The number of hydrogen-bond donors (Lipinski definition) is 0. The quantitative estimate of drug-likeness (QED) is 0.296. The summed E-state index contributed by atoms with van der Waals surface area (Å²) in [6.45, 7) is 11.4. The normalized spacial score (nSPS) is 43.1. The van der Waals surface area contributed by atoms with Crippen LogP contribution in [0.2, 0.25) is 0 Å². The summed E-state index contributed by atoms with van der Waals surface area (Å²) in [4.78, 5) is 41.7. The largest absolute Gasteiger partial charge is 0.376 e. The van der Waals surface area contributed by atoms with Gasteiger partial charge in [-0.05, 0) is 48.5 Å². The van der Waals surface area contributed by atoms with E-state index >= 15 is 0 Å². The predicted octanol–water partition coefficient (Wildman–Crippen LogP) is 4.86. The van der Waals surface area contributed by atoms with Crippen LogP contribution >= 0.6 is 0 Å². The molecule has 2 heterocycles. The fraction of sp³-hybridized carbons (Fsp3) is 0.821. The second-order valence-electron chi connectivity index (χ2n) is 12.0. The molecular weight excluding hydrogens is 416 g/mol. The molecular formula is C28H40O5. The van der Waals surface area contributed by atoms with Gasteiger partial charge in [0.05, 0.1) is 23.5 Å². The molecule has 0 aromatic heterocycles. The fourth-order valence-corrected chi connectivity index (χ4v) is 8.53. The van der Waals surface area contributed by atoms with E-state index in [9.17, 15) is 14.4 Å². The molecule has 4 bridgehead atoms. The van der Waals surface area contributed by atoms with E-state index in [0.29, 0.717) is 31.6 Å². The molecule has 4 aliphatic carbocycles. The lowest BCUT2D eigenvalue weighted by Gasteiger charge is -2.68. The second kappa shape index (κ2) is 8.12. The molecule has 2 spiro atoms. The van der Waals surface area contributed by atoms with E-state index in [1.54, 1.807) is 0 Å². The van der Waals surface area contributed by atoms with Gasteiger partial charge in [0.2, 0.25) is 0 Å². The van der Waals surface area contributed by atoms with Crippen LogP contribution in [0.4, 0.5) is 0 Å². The van der Waals surface area contributed by atoms with Crippen molar-refractivity contribution in [1.82, 2.24) is 0 Å². The summed E-state index contributed by atoms with van der Waals surface area (Å²) in [6.07, 6.45) is 8.40. The van der Waals surface area contributed by atoms with E-state index in [1.807, 2.05) is 0 Å². The average Bonchev–Trinajstić information content (AvgIpc) is 2.98. The Morgan fingerprint density at radius 1 is 1.06 bits per heavy atom. The topological polar surface area (TPSA) is 69.7 Å². The molecule has 0 amide bonds. The van der Waals surface area contributed by atoms with Gasteiger partial charge in [0.1, 0.15) is 11.9 Å². The minimum Gasteiger partial charge on any atom is -0.376 e. The smallest absolute Gasteiger partial charge is 0.176 e. The van der Waals surface area contributed by atoms with E-state index in [-0.39, 0.29) is 46.6 Å². The minimum absolute atomic E-state index is 0.0594. The highest BCUT2D eigenvalue weighted by molar-refractivity contribution is 6.19. The summed E-state index contributed by atoms with van der Waals surface area (Å²) in [5.74, 6) is -0.431. The predicted molar refractivity (Wildman–Crippen MR) is 125 cm³/mol. The van der Waals surface area contributed by atoms with Crippen molar-refractivity contribution in [2.24, 2.45) is 34.0 Å². The van der Waals surface area contributed by atoms with Crippen LogP contribution in [0, 0.1) is 34.0 Å². The zero-order chi connectivity index (χ0) is 23.6. The molecule has 2 aliphatic heterocycles. The molecule has 6 fully saturated rings. The maximum Gasteiger partial charge on any atom is 0.176 e. The van der Waals surface area contributed by atoms with E-state index in [2.05, 4.69) is 27.4 Å². The van der Waals surface area contributed by atoms with Gasteiger partial charge < -0.3 is 9.47 Å². The van der Waals surface area contributed by atoms with Crippen LogP contribution in [0.3, 0.4) is 0 Å². The Hall–Kier alpha value is -1.33. The third-order valence-corrected chi connectivity index (χ3v) is 10.2. The third kappa shape index (κ3) is 3.00. The van der Waals surface area contributed by atoms with Crippen LogP contribution < -0.4 is 0 Å². The van der Waals surface area contributed by atoms with Crippen LogP contribution in [0.5, 0.6) is 0 Å². The number of fused-ring (bicyclic) bond motifs is 3. The molecule has 0 aromatic carbocycles. The van der Waals surface area contributed by atoms with Crippen molar-refractivity contribution in [2.75, 3.05) is 13.2 Å². The highest BCUT2D eigenvalue weighted by atomic mass is 16.5. The minimum atomic E-state index is -1.14. The van der Waals surface area contributed by atoms with Crippen molar-refractivity contribution in [3.63, 3.8) is 0 Å². The number of carbonyl (C=O) groups is 3. The first kappa shape index (κ1) is 23.4. The number of ketones is 3. The maximum atomic E-state index is 14.3. The highest BCUT2D eigenvalue weighted by Gasteiger charge is 2.79. The summed E-state index contributed by atoms with van der Waals surface area (Å²) in [5, 5.41) is 0. The lowest BCUT2D eigenvalue weighted by molar-refractivity contribution is -0.272. The molecule has 5 heteroatoms. The fourth-order valence-electron chi connectivity index (χ4n) is 8.53. The Morgan fingerprint density at radius 2 is 1.79 bits per heavy atom. The van der Waals surface area contributed by atoms with Crippen molar-refractivity contribution in [2.45, 2.75) is 97.2 Å². The van der Waals surface area contributed by atoms with Gasteiger partial charge in [-0.25, -0.2) is 0 Å². The third-order valence-electron chi connectivity index (χ3n) is 10.2. The van der Waals surface area contributed by atoms with Gasteiger partial charge >= 0.3 is 0 Å². The summed E-state index contributed by atoms with van der Waals surface area (Å²) in [6, 6.07) is 0. The van der Waals surface area contributed by atoms with Gasteiger partial charge in [0, 0.05) is 18.9 Å². The molecule has 6 rings (SSSR count). The maximum absolute atomic E-state index is 14.3. The molecule has 0 aromatic rings. The molecule has 182 valence electrons. The summed E-state index contributed by atoms with van der Waals surface area (Å²) >= 11 is 0. The van der Waals surface area contributed by atoms with Gasteiger partial charge in [-0.3, -0.25) is 14.4 Å². The standard InChI is InChI=1S/C28H40O5/c1-5-6-7-8-9-10-13-32-22-23-26(3,4)21-14-20(29)28(23,16-33-21)19-12-11-18-15-27(19,25(22)31)24(30)17(18)2/h18-19,21-23H,2,5-16H2,1,3-4H3/t18-,19-,21-,22+,23-,27+,28-/m1/s1. The van der Waals surface area contributed by atoms with Crippen LogP contribution in [0.1, 0.15) is 85.0 Å². The zero-order valence-electron chi connectivity index (χ0n) is 20.6. The number of allylic oxidation sites excluding steroid dienone is 1. The Balaban J connectivity index is 1.49. The lowest BCUT2D eigenvalue weighted by atomic mass is 9.37. The Morgan fingerprint density at radius 3 is 2.52 bits per heavy atom. The molecule has 0 N–H and O–H groups in total. The molecule has 2 saturated heterocycles. The van der Waals surface area contributed by atoms with Crippen LogP contribution in [-0.2, 0) is 23.9 Å². The van der Waals surface area contributed by atoms with E-state index in [0.717, 1.165) is 25.7 Å². The number of carbonyl (C=O) groups excluding carboxylic acids is 3. The van der Waals surface area contributed by atoms with Crippen molar-refractivity contribution in [3.05, 3.63) is 12.2 Å². The van der Waals surface area contributed by atoms with Crippen LogP contribution in [0.15, 0.2) is 12.2 Å². The molecule has 33 heavy (non-hydrogen) atoms. The van der Waals surface area contributed by atoms with Gasteiger partial charge in [0.15, 0.2) is 11.6 Å². The van der Waals surface area contributed by atoms with Crippen molar-refractivity contribution in [3.8, 4) is 0 Å². The zero-order valence-corrected chi connectivity index (χ0v) is 20.6. The summed E-state index contributed by atoms with van der Waals surface area (Å²) < 4.78 is 12.7. The number of Topliss-reactive ketones (excluding diaryl/α,β-unsaturated/α-hetero) is 3. The Labute approximate surface area is 198 Å². The first-order valence-corrected chi connectivity index (χ1v) is 13.3. The number of unbranched alkanes of at least 4 members (excludes halogenated alkanes) is 5. The molecule has 7 atom stereocenters. The number of ether oxygens (including phenoxy) is 2. The molecule has 6 aliphatic rings. The van der Waals surface area contributed by atoms with Gasteiger partial charge in [-0.15, -0.1) is 0 Å². The number of rotatable bonds is 8. The van der Waals surface area contributed by atoms with E-state index in [1.165, 1.54) is 25.7 Å². The molecule has 5 nitrogen and oxygen atoms in total. The lowest BCUT2D eigenvalue weighted by Crippen LogP contribution is -2.77. The van der Waals surface area contributed by atoms with Gasteiger partial charge in [-0.1, -0.05) is 59.5 Å². The molecule has 4 saturated carbocycles. The second-order valence-corrected chi connectivity index (χ2v) is 12.0. The monoisotopic (exact) mass is 456 g/mol. The van der Waals surface area contributed by atoms with Crippen LogP contribution in [-0.4, -0.2) is 42.8 Å². The summed E-state index contributed by atoms with van der Waals surface area (Å²) in [5.41, 5.74) is -1.71. The first-order chi connectivity index (χ1) is 15.7. The first-order valence-electron chi connectivity index (χ1n) is 13.3. The van der Waals surface area contributed by atoms with Gasteiger partial charge in [-0.2, -0.15) is 0 Å².